The topological polar surface area (TPSA) is 58.0 Å². The Balaban J connectivity index is 1.75. The smallest absolute Gasteiger partial charge is 0.130 e. The zero-order valence-corrected chi connectivity index (χ0v) is 13.9. The Morgan fingerprint density at radius 2 is 1.79 bits per heavy atom. The van der Waals surface area contributed by atoms with Crippen molar-refractivity contribution in [3.8, 4) is 11.3 Å². The lowest BCUT2D eigenvalue weighted by Gasteiger charge is -2.13. The molecule has 122 valence electrons. The highest BCUT2D eigenvalue weighted by Gasteiger charge is 2.09. The summed E-state index contributed by atoms with van der Waals surface area (Å²) < 4.78 is 0. The van der Waals surface area contributed by atoms with Crippen LogP contribution in [0.25, 0.3) is 11.3 Å². The maximum absolute atomic E-state index is 10.2. The van der Waals surface area contributed by atoms with Gasteiger partial charge in [-0.1, -0.05) is 48.5 Å². The molecule has 0 radical (unpaired) electrons. The number of aromatic nitrogens is 2. The van der Waals surface area contributed by atoms with Crippen molar-refractivity contribution in [1.82, 2.24) is 9.97 Å². The van der Waals surface area contributed by atoms with E-state index in [1.54, 1.807) is 6.33 Å². The van der Waals surface area contributed by atoms with Crippen molar-refractivity contribution in [3.63, 3.8) is 0 Å². The molecule has 0 aliphatic rings. The van der Waals surface area contributed by atoms with Gasteiger partial charge in [0.05, 0.1) is 11.8 Å². The van der Waals surface area contributed by atoms with Crippen molar-refractivity contribution in [2.24, 2.45) is 0 Å². The van der Waals surface area contributed by atoms with Crippen LogP contribution in [0.1, 0.15) is 22.8 Å². The fraction of sp³-hybridized carbons (Fsp3) is 0.200. The fourth-order valence-corrected chi connectivity index (χ4v) is 2.62. The molecule has 0 saturated heterocycles. The van der Waals surface area contributed by atoms with Crippen LogP contribution >= 0.6 is 0 Å². The van der Waals surface area contributed by atoms with Gasteiger partial charge in [0.15, 0.2) is 0 Å². The molecule has 3 rings (SSSR count). The van der Waals surface area contributed by atoms with Gasteiger partial charge < -0.3 is 10.4 Å². The molecule has 0 spiro atoms. The van der Waals surface area contributed by atoms with Gasteiger partial charge in [0.25, 0.3) is 0 Å². The predicted octanol–water partition coefficient (Wildman–Crippen LogP) is 3.91. The fourth-order valence-electron chi connectivity index (χ4n) is 2.62. The molecule has 2 aromatic carbocycles. The monoisotopic (exact) mass is 319 g/mol. The van der Waals surface area contributed by atoms with Gasteiger partial charge in [0, 0.05) is 18.2 Å². The van der Waals surface area contributed by atoms with E-state index < -0.39 is 6.10 Å². The SMILES string of the molecule is Cc1cccc(-c2cc(NC[C@H](O)c3ccccc3)ncn2)c1C. The molecule has 0 amide bonds. The maximum Gasteiger partial charge on any atom is 0.130 e. The average Bonchev–Trinajstić information content (AvgIpc) is 2.63. The lowest BCUT2D eigenvalue weighted by atomic mass is 10.0. The summed E-state index contributed by atoms with van der Waals surface area (Å²) in [7, 11) is 0. The first-order chi connectivity index (χ1) is 11.6. The molecule has 0 bridgehead atoms. The number of rotatable bonds is 5. The first-order valence-corrected chi connectivity index (χ1v) is 8.00. The number of nitrogens with zero attached hydrogens (tertiary/aromatic N) is 2. The molecule has 24 heavy (non-hydrogen) atoms. The van der Waals surface area contributed by atoms with Crippen LogP contribution in [0.3, 0.4) is 0 Å². The zero-order valence-electron chi connectivity index (χ0n) is 13.9. The molecular weight excluding hydrogens is 298 g/mol. The quantitative estimate of drug-likeness (QED) is 0.748. The van der Waals surface area contributed by atoms with E-state index in [0.717, 1.165) is 16.8 Å². The van der Waals surface area contributed by atoms with Gasteiger partial charge in [-0.15, -0.1) is 0 Å². The number of nitrogens with one attached hydrogen (secondary N) is 1. The van der Waals surface area contributed by atoms with Gasteiger partial charge in [-0.25, -0.2) is 9.97 Å². The van der Waals surface area contributed by atoms with Crippen LogP contribution in [0.15, 0.2) is 60.9 Å². The van der Waals surface area contributed by atoms with Crippen LogP contribution in [0, 0.1) is 13.8 Å². The summed E-state index contributed by atoms with van der Waals surface area (Å²) in [6, 6.07) is 17.7. The number of aliphatic hydroxyl groups is 1. The Morgan fingerprint density at radius 1 is 1.00 bits per heavy atom. The molecule has 0 aliphatic heterocycles. The number of anilines is 1. The van der Waals surface area contributed by atoms with Gasteiger partial charge in [-0.05, 0) is 30.5 Å². The van der Waals surface area contributed by atoms with Gasteiger partial charge in [-0.3, -0.25) is 0 Å². The van der Waals surface area contributed by atoms with Gasteiger partial charge in [0.2, 0.25) is 0 Å². The molecule has 2 N–H and O–H groups in total. The molecule has 4 nitrogen and oxygen atoms in total. The first-order valence-electron chi connectivity index (χ1n) is 8.00. The van der Waals surface area contributed by atoms with Crippen molar-refractivity contribution in [3.05, 3.63) is 77.6 Å². The third-order valence-electron chi connectivity index (χ3n) is 4.21. The molecular formula is C20H21N3O. The molecule has 4 heteroatoms. The summed E-state index contributed by atoms with van der Waals surface area (Å²) in [6.07, 6.45) is 0.972. The Kier molecular flexibility index (Phi) is 4.87. The number of aryl methyl sites for hydroxylation is 1. The van der Waals surface area contributed by atoms with E-state index in [2.05, 4.69) is 41.3 Å². The Bertz CT molecular complexity index is 818. The van der Waals surface area contributed by atoms with E-state index in [1.807, 2.05) is 42.5 Å². The van der Waals surface area contributed by atoms with Crippen LogP contribution in [0.2, 0.25) is 0 Å². The van der Waals surface area contributed by atoms with E-state index >= 15 is 0 Å². The first kappa shape index (κ1) is 16.1. The molecule has 0 aliphatic carbocycles. The van der Waals surface area contributed by atoms with E-state index in [4.69, 9.17) is 0 Å². The normalized spacial score (nSPS) is 12.0. The highest BCUT2D eigenvalue weighted by molar-refractivity contribution is 5.67. The molecule has 0 unspecified atom stereocenters. The number of benzene rings is 2. The Hall–Kier alpha value is -2.72. The summed E-state index contributed by atoms with van der Waals surface area (Å²) in [5.74, 6) is 0.705. The summed E-state index contributed by atoms with van der Waals surface area (Å²) in [5.41, 5.74) is 5.31. The number of hydrogen-bond acceptors (Lipinski definition) is 4. The van der Waals surface area contributed by atoms with Gasteiger partial charge >= 0.3 is 0 Å². The van der Waals surface area contributed by atoms with Crippen molar-refractivity contribution in [1.29, 1.82) is 0 Å². The maximum atomic E-state index is 10.2. The third-order valence-corrected chi connectivity index (χ3v) is 4.21. The number of aliphatic hydroxyl groups excluding tert-OH is 1. The van der Waals surface area contributed by atoms with E-state index in [1.165, 1.54) is 11.1 Å². The van der Waals surface area contributed by atoms with Crippen molar-refractivity contribution < 1.29 is 5.11 Å². The second kappa shape index (κ2) is 7.23. The minimum atomic E-state index is -0.578. The molecule has 3 aromatic rings. The van der Waals surface area contributed by atoms with Crippen molar-refractivity contribution in [2.75, 3.05) is 11.9 Å². The standard InChI is InChI=1S/C20H21N3O/c1-14-7-6-10-17(15(14)2)18-11-20(23-13-22-18)21-12-19(24)16-8-4-3-5-9-16/h3-11,13,19,24H,12H2,1-2H3,(H,21,22,23)/t19-/m0/s1. The van der Waals surface area contributed by atoms with Gasteiger partial charge in [-0.2, -0.15) is 0 Å². The van der Waals surface area contributed by atoms with Crippen LogP contribution < -0.4 is 5.32 Å². The highest BCUT2D eigenvalue weighted by Crippen LogP contribution is 2.25. The lowest BCUT2D eigenvalue weighted by molar-refractivity contribution is 0.191. The third kappa shape index (κ3) is 3.60. The van der Waals surface area contributed by atoms with Crippen LogP contribution in [-0.4, -0.2) is 21.6 Å². The number of hydrogen-bond donors (Lipinski definition) is 2. The highest BCUT2D eigenvalue weighted by atomic mass is 16.3. The van der Waals surface area contributed by atoms with Gasteiger partial charge in [0.1, 0.15) is 12.1 Å². The van der Waals surface area contributed by atoms with Crippen molar-refractivity contribution in [2.45, 2.75) is 20.0 Å². The van der Waals surface area contributed by atoms with Crippen LogP contribution in [-0.2, 0) is 0 Å². The molecule has 1 aromatic heterocycles. The predicted molar refractivity (Wildman–Crippen MR) is 96.8 cm³/mol. The average molecular weight is 319 g/mol. The van der Waals surface area contributed by atoms with Crippen molar-refractivity contribution >= 4 is 5.82 Å². The van der Waals surface area contributed by atoms with E-state index in [9.17, 15) is 5.11 Å². The Labute approximate surface area is 142 Å². The largest absolute Gasteiger partial charge is 0.387 e. The van der Waals surface area contributed by atoms with E-state index in [-0.39, 0.29) is 0 Å². The molecule has 0 fully saturated rings. The minimum absolute atomic E-state index is 0.396. The molecule has 0 saturated carbocycles. The summed E-state index contributed by atoms with van der Waals surface area (Å²) in [5, 5.41) is 13.4. The summed E-state index contributed by atoms with van der Waals surface area (Å²) >= 11 is 0. The van der Waals surface area contributed by atoms with Crippen LogP contribution in [0.5, 0.6) is 0 Å². The molecule has 1 atom stereocenters. The second-order valence-corrected chi connectivity index (χ2v) is 5.84. The Morgan fingerprint density at radius 3 is 2.58 bits per heavy atom. The summed E-state index contributed by atoms with van der Waals surface area (Å²) in [6.45, 7) is 4.59. The lowest BCUT2D eigenvalue weighted by Crippen LogP contribution is -2.13. The minimum Gasteiger partial charge on any atom is -0.387 e. The molecule has 1 heterocycles. The zero-order chi connectivity index (χ0) is 16.9. The summed E-state index contributed by atoms with van der Waals surface area (Å²) in [4.78, 5) is 8.63. The second-order valence-electron chi connectivity index (χ2n) is 5.84. The van der Waals surface area contributed by atoms with E-state index in [0.29, 0.717) is 12.4 Å². The van der Waals surface area contributed by atoms with Crippen LogP contribution in [0.4, 0.5) is 5.82 Å².